The summed E-state index contributed by atoms with van der Waals surface area (Å²) < 4.78 is 0. The molecule has 0 fully saturated rings. The summed E-state index contributed by atoms with van der Waals surface area (Å²) in [6.45, 7) is 2.30. The summed E-state index contributed by atoms with van der Waals surface area (Å²) >= 11 is 0. The van der Waals surface area contributed by atoms with Gasteiger partial charge in [0.25, 0.3) is 0 Å². The second-order valence-corrected chi connectivity index (χ2v) is 9.78. The molecule has 0 bridgehead atoms. The predicted molar refractivity (Wildman–Crippen MR) is 136 cm³/mol. The quantitative estimate of drug-likeness (QED) is 0.229. The van der Waals surface area contributed by atoms with E-state index in [0.717, 1.165) is 0 Å². The summed E-state index contributed by atoms with van der Waals surface area (Å²) in [5.74, 6) is 0. The van der Waals surface area contributed by atoms with Gasteiger partial charge in [0.15, 0.2) is 0 Å². The van der Waals surface area contributed by atoms with E-state index in [-0.39, 0.29) is 10.8 Å². The van der Waals surface area contributed by atoms with E-state index >= 15 is 0 Å². The van der Waals surface area contributed by atoms with Gasteiger partial charge in [0.2, 0.25) is 0 Å². The molecular weight excluding hydrogens is 398 g/mol. The van der Waals surface area contributed by atoms with Gasteiger partial charge in [-0.3, -0.25) is 0 Å². The van der Waals surface area contributed by atoms with E-state index in [1.54, 1.807) is 0 Å². The highest BCUT2D eigenvalue weighted by atomic mass is 31.0. The van der Waals surface area contributed by atoms with E-state index in [0.29, 0.717) is 0 Å². The molecule has 30 heavy (non-hydrogen) atoms. The van der Waals surface area contributed by atoms with Gasteiger partial charge >= 0.3 is 0 Å². The standard InChI is InChI=1S/C28H28P2/c1-22(29)28(30,26-20-12-5-13-21-26)27(23-14-6-2-7-15-23,24-16-8-3-9-17-24)25-18-10-4-11-19-25/h2-22H,29-30H2,1H3. The van der Waals surface area contributed by atoms with Crippen LogP contribution in [0.2, 0.25) is 0 Å². The van der Waals surface area contributed by atoms with Crippen molar-refractivity contribution >= 4 is 18.5 Å². The Morgan fingerprint density at radius 1 is 0.500 bits per heavy atom. The van der Waals surface area contributed by atoms with Crippen molar-refractivity contribution in [3.05, 3.63) is 144 Å². The van der Waals surface area contributed by atoms with Crippen molar-refractivity contribution in [2.75, 3.05) is 0 Å². The Bertz CT molecular complexity index is 964. The molecule has 0 radical (unpaired) electrons. The average molecular weight is 426 g/mol. The molecule has 0 N–H and O–H groups in total. The Labute approximate surface area is 185 Å². The van der Waals surface area contributed by atoms with E-state index in [1.165, 1.54) is 22.3 Å². The van der Waals surface area contributed by atoms with Crippen molar-refractivity contribution in [2.24, 2.45) is 0 Å². The predicted octanol–water partition coefficient (Wildman–Crippen LogP) is 7.06. The Hall–Kier alpha value is -2.26. The van der Waals surface area contributed by atoms with Crippen LogP contribution in [0.3, 0.4) is 0 Å². The van der Waals surface area contributed by atoms with Gasteiger partial charge in [-0.15, -0.1) is 18.5 Å². The number of hydrogen-bond acceptors (Lipinski definition) is 0. The largest absolute Gasteiger partial charge is 0.133 e. The summed E-state index contributed by atoms with van der Waals surface area (Å²) in [5.41, 5.74) is 5.03. The van der Waals surface area contributed by atoms with Crippen molar-refractivity contribution in [2.45, 2.75) is 23.2 Å². The first-order chi connectivity index (χ1) is 14.6. The van der Waals surface area contributed by atoms with Crippen molar-refractivity contribution in [3.8, 4) is 0 Å². The maximum absolute atomic E-state index is 3.29. The second kappa shape index (κ2) is 8.85. The van der Waals surface area contributed by atoms with Crippen LogP contribution in [-0.4, -0.2) is 5.66 Å². The molecule has 0 heterocycles. The van der Waals surface area contributed by atoms with Crippen molar-refractivity contribution in [1.82, 2.24) is 0 Å². The fourth-order valence-corrected chi connectivity index (χ4v) is 5.95. The van der Waals surface area contributed by atoms with Crippen LogP contribution in [0, 0.1) is 0 Å². The third-order valence-corrected chi connectivity index (χ3v) is 8.41. The Morgan fingerprint density at radius 3 is 1.03 bits per heavy atom. The Kier molecular flexibility index (Phi) is 6.19. The monoisotopic (exact) mass is 426 g/mol. The molecule has 4 aromatic carbocycles. The minimum atomic E-state index is -0.399. The molecule has 4 atom stereocenters. The lowest BCUT2D eigenvalue weighted by Crippen LogP contribution is -2.51. The van der Waals surface area contributed by atoms with Gasteiger partial charge in [-0.05, 0) is 27.9 Å². The third kappa shape index (κ3) is 3.33. The van der Waals surface area contributed by atoms with Crippen LogP contribution < -0.4 is 0 Å². The van der Waals surface area contributed by atoms with E-state index in [1.807, 2.05) is 0 Å². The van der Waals surface area contributed by atoms with Crippen LogP contribution in [0.5, 0.6) is 0 Å². The lowest BCUT2D eigenvalue weighted by Gasteiger charge is -2.53. The highest BCUT2D eigenvalue weighted by molar-refractivity contribution is 7.24. The summed E-state index contributed by atoms with van der Waals surface area (Å²) in [6, 6.07) is 43.8. The first kappa shape index (κ1) is 21.0. The van der Waals surface area contributed by atoms with Crippen LogP contribution in [0.25, 0.3) is 0 Å². The molecule has 0 amide bonds. The molecule has 0 nitrogen and oxygen atoms in total. The zero-order valence-corrected chi connectivity index (χ0v) is 19.6. The van der Waals surface area contributed by atoms with E-state index < -0.39 is 5.41 Å². The van der Waals surface area contributed by atoms with Crippen LogP contribution in [0.1, 0.15) is 29.2 Å². The molecule has 0 saturated carbocycles. The number of benzene rings is 4. The maximum atomic E-state index is 3.29. The third-order valence-electron chi connectivity index (χ3n) is 6.21. The summed E-state index contributed by atoms with van der Waals surface area (Å²) in [7, 11) is 6.38. The molecule has 4 rings (SSSR count). The van der Waals surface area contributed by atoms with E-state index in [9.17, 15) is 0 Å². The first-order valence-corrected chi connectivity index (χ1v) is 11.6. The normalized spacial score (nSPS) is 14.6. The van der Waals surface area contributed by atoms with Gasteiger partial charge < -0.3 is 0 Å². The van der Waals surface area contributed by atoms with E-state index in [4.69, 9.17) is 0 Å². The average Bonchev–Trinajstić information content (AvgIpc) is 2.82. The molecule has 150 valence electrons. The smallest absolute Gasteiger partial charge is 0.0587 e. The lowest BCUT2D eigenvalue weighted by molar-refractivity contribution is 0.426. The molecule has 0 aliphatic heterocycles. The molecule has 4 aromatic rings. The van der Waals surface area contributed by atoms with Gasteiger partial charge in [0.1, 0.15) is 0 Å². The van der Waals surface area contributed by atoms with E-state index in [2.05, 4.69) is 147 Å². The van der Waals surface area contributed by atoms with Crippen molar-refractivity contribution < 1.29 is 0 Å². The number of rotatable bonds is 6. The van der Waals surface area contributed by atoms with Crippen LogP contribution in [-0.2, 0) is 10.6 Å². The van der Waals surface area contributed by atoms with Crippen LogP contribution in [0.4, 0.5) is 0 Å². The molecule has 0 aromatic heterocycles. The summed E-state index contributed by atoms with van der Waals surface area (Å²) in [5, 5.41) is -0.303. The maximum Gasteiger partial charge on any atom is 0.0587 e. The van der Waals surface area contributed by atoms with Crippen LogP contribution in [0.15, 0.2) is 121 Å². The molecule has 0 spiro atoms. The fraction of sp³-hybridized carbons (Fsp3) is 0.143. The lowest BCUT2D eigenvalue weighted by atomic mass is 9.58. The molecular formula is C28H28P2. The summed E-state index contributed by atoms with van der Waals surface area (Å²) in [6.07, 6.45) is 0. The van der Waals surface area contributed by atoms with Crippen LogP contribution >= 0.6 is 18.5 Å². The number of hydrogen-bond donors (Lipinski definition) is 0. The minimum Gasteiger partial charge on any atom is -0.133 e. The highest BCUT2D eigenvalue weighted by Gasteiger charge is 2.54. The van der Waals surface area contributed by atoms with Gasteiger partial charge in [0, 0.05) is 5.16 Å². The second-order valence-electron chi connectivity index (χ2n) is 7.87. The molecule has 0 aliphatic rings. The zero-order chi connectivity index (χ0) is 21.0. The molecule has 0 saturated heterocycles. The molecule has 2 heteroatoms. The van der Waals surface area contributed by atoms with Crippen molar-refractivity contribution in [3.63, 3.8) is 0 Å². The topological polar surface area (TPSA) is 0 Å². The molecule has 0 aliphatic carbocycles. The SMILES string of the molecule is CC(P)C(P)(c1ccccc1)C(c1ccccc1)(c1ccccc1)c1ccccc1. The first-order valence-electron chi connectivity index (χ1n) is 10.4. The van der Waals surface area contributed by atoms with Gasteiger partial charge in [-0.2, -0.15) is 0 Å². The Morgan fingerprint density at radius 2 is 0.767 bits per heavy atom. The molecule has 4 unspecified atom stereocenters. The van der Waals surface area contributed by atoms with Gasteiger partial charge in [-0.1, -0.05) is 128 Å². The zero-order valence-electron chi connectivity index (χ0n) is 17.3. The van der Waals surface area contributed by atoms with Gasteiger partial charge in [-0.25, -0.2) is 0 Å². The van der Waals surface area contributed by atoms with Gasteiger partial charge in [0.05, 0.1) is 5.41 Å². The Balaban J connectivity index is 2.20. The minimum absolute atomic E-state index is 0.269. The fourth-order valence-electron chi connectivity index (χ4n) is 4.82. The highest BCUT2D eigenvalue weighted by Crippen LogP contribution is 2.60. The van der Waals surface area contributed by atoms with Crippen molar-refractivity contribution in [1.29, 1.82) is 0 Å². The summed E-state index contributed by atoms with van der Waals surface area (Å²) in [4.78, 5) is 0.